The Balaban J connectivity index is 1.96. The van der Waals surface area contributed by atoms with Crippen LogP contribution in [0.25, 0.3) is 11.1 Å². The Morgan fingerprint density at radius 2 is 1.00 bits per heavy atom. The highest BCUT2D eigenvalue weighted by molar-refractivity contribution is 5.71. The van der Waals surface area contributed by atoms with Crippen molar-refractivity contribution >= 4 is 11.9 Å². The first kappa shape index (κ1) is 17.3. The molecule has 0 spiro atoms. The maximum atomic E-state index is 11.0. The Labute approximate surface area is 139 Å². The van der Waals surface area contributed by atoms with Gasteiger partial charge in [0.15, 0.2) is 13.2 Å². The van der Waals surface area contributed by atoms with Crippen LogP contribution in [0.2, 0.25) is 0 Å². The van der Waals surface area contributed by atoms with Crippen molar-refractivity contribution in [3.05, 3.63) is 48.5 Å². The van der Waals surface area contributed by atoms with Crippen LogP contribution in [0.3, 0.4) is 0 Å². The number of carbonyl (C=O) groups excluding carboxylic acids is 2. The normalized spacial score (nSPS) is 9.92. The number of methoxy groups -OCH3 is 2. The van der Waals surface area contributed by atoms with Gasteiger partial charge in [0, 0.05) is 0 Å². The molecule has 0 aliphatic carbocycles. The van der Waals surface area contributed by atoms with Gasteiger partial charge in [0.2, 0.25) is 0 Å². The molecule has 126 valence electrons. The van der Waals surface area contributed by atoms with Gasteiger partial charge in [0.25, 0.3) is 0 Å². The SMILES string of the molecule is COC(=O)COc1ccc(-c2ccc(OCC(=O)OC)cc2)cc1. The minimum absolute atomic E-state index is 0.123. The first-order chi connectivity index (χ1) is 11.6. The lowest BCUT2D eigenvalue weighted by Crippen LogP contribution is -2.12. The molecule has 0 amide bonds. The first-order valence-corrected chi connectivity index (χ1v) is 7.22. The van der Waals surface area contributed by atoms with Crippen molar-refractivity contribution < 1.29 is 28.5 Å². The lowest BCUT2D eigenvalue weighted by molar-refractivity contribution is -0.143. The van der Waals surface area contributed by atoms with Crippen LogP contribution in [-0.4, -0.2) is 39.4 Å². The topological polar surface area (TPSA) is 71.1 Å². The second-order valence-corrected chi connectivity index (χ2v) is 4.78. The molecular formula is C18H18O6. The molecule has 0 fully saturated rings. The molecular weight excluding hydrogens is 312 g/mol. The predicted octanol–water partition coefficient (Wildman–Crippen LogP) is 2.46. The van der Waals surface area contributed by atoms with Gasteiger partial charge in [-0.3, -0.25) is 0 Å². The summed E-state index contributed by atoms with van der Waals surface area (Å²) >= 11 is 0. The minimum atomic E-state index is -0.429. The number of benzene rings is 2. The Hall–Kier alpha value is -3.02. The molecule has 6 nitrogen and oxygen atoms in total. The standard InChI is InChI=1S/C18H18O6/c1-21-17(19)11-23-15-7-3-13(4-8-15)14-5-9-16(10-6-14)24-12-18(20)22-2/h3-10H,11-12H2,1-2H3. The lowest BCUT2D eigenvalue weighted by atomic mass is 10.1. The molecule has 2 rings (SSSR count). The molecule has 2 aromatic carbocycles. The molecule has 0 N–H and O–H groups in total. The van der Waals surface area contributed by atoms with Gasteiger partial charge in [-0.25, -0.2) is 9.59 Å². The van der Waals surface area contributed by atoms with Crippen LogP contribution >= 0.6 is 0 Å². The zero-order valence-electron chi connectivity index (χ0n) is 13.5. The summed E-state index contributed by atoms with van der Waals surface area (Å²) in [5.74, 6) is 0.313. The Morgan fingerprint density at radius 1 is 0.667 bits per heavy atom. The predicted molar refractivity (Wildman–Crippen MR) is 86.9 cm³/mol. The minimum Gasteiger partial charge on any atom is -0.482 e. The van der Waals surface area contributed by atoms with Crippen molar-refractivity contribution in [1.29, 1.82) is 0 Å². The molecule has 0 aliphatic rings. The average molecular weight is 330 g/mol. The van der Waals surface area contributed by atoms with E-state index in [1.54, 1.807) is 24.3 Å². The third-order valence-electron chi connectivity index (χ3n) is 3.21. The van der Waals surface area contributed by atoms with Gasteiger partial charge in [-0.1, -0.05) is 24.3 Å². The van der Waals surface area contributed by atoms with Crippen LogP contribution < -0.4 is 9.47 Å². The number of esters is 2. The van der Waals surface area contributed by atoms with Crippen LogP contribution in [0.5, 0.6) is 11.5 Å². The van der Waals surface area contributed by atoms with Gasteiger partial charge in [0.05, 0.1) is 14.2 Å². The average Bonchev–Trinajstić information content (AvgIpc) is 2.65. The molecule has 0 saturated carbocycles. The van der Waals surface area contributed by atoms with Crippen molar-refractivity contribution in [1.82, 2.24) is 0 Å². The fourth-order valence-corrected chi connectivity index (χ4v) is 1.89. The third-order valence-corrected chi connectivity index (χ3v) is 3.21. The molecule has 0 aliphatic heterocycles. The van der Waals surface area contributed by atoms with Crippen molar-refractivity contribution in [2.75, 3.05) is 27.4 Å². The van der Waals surface area contributed by atoms with Crippen molar-refractivity contribution in [2.24, 2.45) is 0 Å². The van der Waals surface area contributed by atoms with Gasteiger partial charge < -0.3 is 18.9 Å². The van der Waals surface area contributed by atoms with Gasteiger partial charge in [-0.15, -0.1) is 0 Å². The van der Waals surface area contributed by atoms with E-state index in [2.05, 4.69) is 9.47 Å². The lowest BCUT2D eigenvalue weighted by Gasteiger charge is -2.08. The summed E-state index contributed by atoms with van der Waals surface area (Å²) in [4.78, 5) is 22.1. The molecule has 0 unspecified atom stereocenters. The van der Waals surface area contributed by atoms with E-state index < -0.39 is 11.9 Å². The Kier molecular flexibility index (Phi) is 6.19. The summed E-state index contributed by atoms with van der Waals surface area (Å²) in [5, 5.41) is 0. The van der Waals surface area contributed by atoms with E-state index >= 15 is 0 Å². The second kappa shape index (κ2) is 8.57. The van der Waals surface area contributed by atoms with Crippen molar-refractivity contribution in [3.63, 3.8) is 0 Å². The molecule has 0 atom stereocenters. The summed E-state index contributed by atoms with van der Waals surface area (Å²) < 4.78 is 19.6. The monoisotopic (exact) mass is 330 g/mol. The smallest absolute Gasteiger partial charge is 0.343 e. The molecule has 6 heteroatoms. The largest absolute Gasteiger partial charge is 0.482 e. The van der Waals surface area contributed by atoms with Gasteiger partial charge >= 0.3 is 11.9 Å². The molecule has 0 bridgehead atoms. The number of hydrogen-bond donors (Lipinski definition) is 0. The van der Waals surface area contributed by atoms with E-state index in [1.807, 2.05) is 24.3 Å². The van der Waals surface area contributed by atoms with Crippen molar-refractivity contribution in [2.45, 2.75) is 0 Å². The van der Waals surface area contributed by atoms with Gasteiger partial charge in [-0.2, -0.15) is 0 Å². The molecule has 2 aromatic rings. The Bertz CT molecular complexity index is 614. The molecule has 0 heterocycles. The van der Waals surface area contributed by atoms with Crippen LogP contribution in [0.1, 0.15) is 0 Å². The number of carbonyl (C=O) groups is 2. The zero-order chi connectivity index (χ0) is 17.4. The van der Waals surface area contributed by atoms with Crippen LogP contribution in [-0.2, 0) is 19.1 Å². The van der Waals surface area contributed by atoms with Crippen LogP contribution in [0.15, 0.2) is 48.5 Å². The highest BCUT2D eigenvalue weighted by Gasteiger charge is 2.04. The number of hydrogen-bond acceptors (Lipinski definition) is 6. The maximum Gasteiger partial charge on any atom is 0.343 e. The van der Waals surface area contributed by atoms with E-state index in [0.717, 1.165) is 11.1 Å². The zero-order valence-corrected chi connectivity index (χ0v) is 13.5. The fraction of sp³-hybridized carbons (Fsp3) is 0.222. The highest BCUT2D eigenvalue weighted by atomic mass is 16.6. The molecule has 0 radical (unpaired) electrons. The first-order valence-electron chi connectivity index (χ1n) is 7.22. The van der Waals surface area contributed by atoms with Gasteiger partial charge in [-0.05, 0) is 35.4 Å². The van der Waals surface area contributed by atoms with Crippen LogP contribution in [0, 0.1) is 0 Å². The van der Waals surface area contributed by atoms with E-state index in [4.69, 9.17) is 9.47 Å². The van der Waals surface area contributed by atoms with Crippen molar-refractivity contribution in [3.8, 4) is 22.6 Å². The van der Waals surface area contributed by atoms with Gasteiger partial charge in [0.1, 0.15) is 11.5 Å². The van der Waals surface area contributed by atoms with E-state index in [9.17, 15) is 9.59 Å². The quantitative estimate of drug-likeness (QED) is 0.726. The van der Waals surface area contributed by atoms with Crippen LogP contribution in [0.4, 0.5) is 0 Å². The van der Waals surface area contributed by atoms with E-state index in [1.165, 1.54) is 14.2 Å². The fourth-order valence-electron chi connectivity index (χ4n) is 1.89. The molecule has 24 heavy (non-hydrogen) atoms. The number of rotatable bonds is 7. The van der Waals surface area contributed by atoms with E-state index in [0.29, 0.717) is 11.5 Å². The Morgan fingerprint density at radius 3 is 1.29 bits per heavy atom. The summed E-state index contributed by atoms with van der Waals surface area (Å²) in [6, 6.07) is 14.7. The number of ether oxygens (including phenoxy) is 4. The molecule has 0 aromatic heterocycles. The summed E-state index contributed by atoms with van der Waals surface area (Å²) in [7, 11) is 2.63. The van der Waals surface area contributed by atoms with E-state index in [-0.39, 0.29) is 13.2 Å². The summed E-state index contributed by atoms with van der Waals surface area (Å²) in [6.07, 6.45) is 0. The third kappa shape index (κ3) is 5.01. The highest BCUT2D eigenvalue weighted by Crippen LogP contribution is 2.24. The molecule has 0 saturated heterocycles. The summed E-state index contributed by atoms with van der Waals surface area (Å²) in [6.45, 7) is -0.246. The second-order valence-electron chi connectivity index (χ2n) is 4.78. The maximum absolute atomic E-state index is 11.0. The summed E-state index contributed by atoms with van der Waals surface area (Å²) in [5.41, 5.74) is 1.97.